The van der Waals surface area contributed by atoms with Crippen LogP contribution < -0.4 is 0 Å². The first-order valence-electron chi connectivity index (χ1n) is 20.8. The molecule has 0 spiro atoms. The molecular formula is C49H58N8O2. The average Bonchev–Trinajstić information content (AvgIpc) is 4.07. The number of hydrogen-bond acceptors (Lipinski definition) is 6. The lowest BCUT2D eigenvalue weighted by Crippen LogP contribution is -2.40. The van der Waals surface area contributed by atoms with Gasteiger partial charge in [0.25, 0.3) is 0 Å². The van der Waals surface area contributed by atoms with Gasteiger partial charge in [-0.05, 0) is 102 Å². The number of aryl methyl sites for hydroxylation is 3. The summed E-state index contributed by atoms with van der Waals surface area (Å²) in [7, 11) is 7.85. The van der Waals surface area contributed by atoms with E-state index in [1.54, 1.807) is 0 Å². The zero-order valence-corrected chi connectivity index (χ0v) is 35.5. The number of hydrogen-bond donors (Lipinski definition) is 2. The number of aromatic nitrogens is 4. The first kappa shape index (κ1) is 41.3. The minimum absolute atomic E-state index is 0.0331. The van der Waals surface area contributed by atoms with Crippen LogP contribution in [0.2, 0.25) is 0 Å². The third kappa shape index (κ3) is 9.24. The zero-order chi connectivity index (χ0) is 41.6. The molecule has 2 amide bonds. The van der Waals surface area contributed by atoms with Crippen LogP contribution in [0.1, 0.15) is 89.6 Å². The maximum absolute atomic E-state index is 13.7. The van der Waals surface area contributed by atoms with Crippen LogP contribution in [0.3, 0.4) is 0 Å². The molecule has 4 heterocycles. The van der Waals surface area contributed by atoms with E-state index >= 15 is 0 Å². The quantitative estimate of drug-likeness (QED) is 0.144. The minimum atomic E-state index is -0.305. The molecule has 0 radical (unpaired) electrons. The summed E-state index contributed by atoms with van der Waals surface area (Å²) in [6, 6.07) is 36.6. The molecule has 10 nitrogen and oxygen atoms in total. The maximum Gasteiger partial charge on any atom is 0.245 e. The van der Waals surface area contributed by atoms with E-state index in [0.29, 0.717) is 0 Å². The van der Waals surface area contributed by atoms with Crippen molar-refractivity contribution in [2.45, 2.75) is 70.6 Å². The van der Waals surface area contributed by atoms with Gasteiger partial charge in [0, 0.05) is 18.8 Å². The zero-order valence-electron chi connectivity index (χ0n) is 35.5. The second-order valence-corrected chi connectivity index (χ2v) is 16.4. The number of carbonyl (C=O) groups excluding carboxylic acids is 2. The van der Waals surface area contributed by atoms with E-state index in [4.69, 9.17) is 4.98 Å². The Kier molecular flexibility index (Phi) is 12.9. The molecule has 0 bridgehead atoms. The highest BCUT2D eigenvalue weighted by atomic mass is 16.2. The van der Waals surface area contributed by atoms with E-state index in [2.05, 4.69) is 70.4 Å². The van der Waals surface area contributed by atoms with Crippen LogP contribution in [-0.4, -0.2) is 92.6 Å². The molecule has 2 aromatic heterocycles. The summed E-state index contributed by atoms with van der Waals surface area (Å²) in [5.74, 6) is 2.06. The Labute approximate surface area is 349 Å². The van der Waals surface area contributed by atoms with E-state index in [1.807, 2.05) is 128 Å². The monoisotopic (exact) mass is 790 g/mol. The van der Waals surface area contributed by atoms with Crippen LogP contribution in [0, 0.1) is 20.8 Å². The molecule has 2 fully saturated rings. The van der Waals surface area contributed by atoms with Crippen LogP contribution in [0.25, 0.3) is 22.4 Å². The highest BCUT2D eigenvalue weighted by Crippen LogP contribution is 2.36. The molecule has 6 aromatic rings. The van der Waals surface area contributed by atoms with Gasteiger partial charge >= 0.3 is 0 Å². The van der Waals surface area contributed by atoms with E-state index in [-0.39, 0.29) is 36.0 Å². The van der Waals surface area contributed by atoms with Gasteiger partial charge in [0.15, 0.2) is 0 Å². The summed E-state index contributed by atoms with van der Waals surface area (Å²) in [6.45, 7) is 7.67. The number of nitrogens with one attached hydrogen (secondary N) is 2. The number of imidazole rings is 2. The van der Waals surface area contributed by atoms with Crippen LogP contribution in [-0.2, 0) is 9.59 Å². The van der Waals surface area contributed by atoms with E-state index in [0.717, 1.165) is 84.2 Å². The van der Waals surface area contributed by atoms with E-state index < -0.39 is 0 Å². The summed E-state index contributed by atoms with van der Waals surface area (Å²) >= 11 is 0. The Bertz CT molecular complexity index is 2280. The number of likely N-dealkylation sites (N-methyl/N-ethyl adjacent to an activating group) is 2. The lowest BCUT2D eigenvalue weighted by atomic mass is 10.0. The Hall–Kier alpha value is -5.84. The van der Waals surface area contributed by atoms with E-state index in [1.165, 1.54) is 16.7 Å². The number of benzene rings is 4. The van der Waals surface area contributed by atoms with Crippen molar-refractivity contribution < 1.29 is 9.59 Å². The van der Waals surface area contributed by atoms with Crippen molar-refractivity contribution in [1.82, 2.24) is 39.5 Å². The fraction of sp³-hybridized carbons (Fsp3) is 0.347. The number of H-pyrrole nitrogens is 2. The molecule has 0 aliphatic carbocycles. The predicted octanol–water partition coefficient (Wildman–Crippen LogP) is 9.01. The molecule has 4 aromatic carbocycles. The Morgan fingerprint density at radius 1 is 0.610 bits per heavy atom. The lowest BCUT2D eigenvalue weighted by molar-refractivity contribution is -0.138. The molecule has 59 heavy (non-hydrogen) atoms. The SMILES string of the molecule is Cc1ccc(-c2ccc(-c3cnc([C@@H]4CCCN4C(=O)[C@@H](c4ccccc4)N(C)C)[nH]3)cc2)cc1.Cc1nc([C@@H]2CCCN2C(=O)[C@@H](c2ccccc2)N(C)C)[nH]c1C. The lowest BCUT2D eigenvalue weighted by Gasteiger charge is -2.31. The van der Waals surface area contributed by atoms with Gasteiger partial charge in [-0.2, -0.15) is 0 Å². The first-order valence-corrected chi connectivity index (χ1v) is 20.8. The van der Waals surface area contributed by atoms with Crippen LogP contribution >= 0.6 is 0 Å². The van der Waals surface area contributed by atoms with Crippen LogP contribution in [0.5, 0.6) is 0 Å². The number of likely N-dealkylation sites (tertiary alicyclic amines) is 2. The van der Waals surface area contributed by atoms with Crippen molar-refractivity contribution in [3.63, 3.8) is 0 Å². The molecule has 10 heteroatoms. The number of amides is 2. The molecule has 306 valence electrons. The Morgan fingerprint density at radius 3 is 1.53 bits per heavy atom. The van der Waals surface area contributed by atoms with Gasteiger partial charge in [0.05, 0.1) is 29.7 Å². The molecule has 2 N–H and O–H groups in total. The van der Waals surface area contributed by atoms with Crippen molar-refractivity contribution in [3.05, 3.63) is 155 Å². The van der Waals surface area contributed by atoms with E-state index in [9.17, 15) is 9.59 Å². The van der Waals surface area contributed by atoms with Gasteiger partial charge in [-0.15, -0.1) is 0 Å². The van der Waals surface area contributed by atoms with Crippen LogP contribution in [0.4, 0.5) is 0 Å². The molecule has 2 aliphatic heterocycles. The third-order valence-electron chi connectivity index (χ3n) is 11.8. The summed E-state index contributed by atoms with van der Waals surface area (Å²) in [4.78, 5) is 51.2. The minimum Gasteiger partial charge on any atom is -0.344 e. The van der Waals surface area contributed by atoms with Gasteiger partial charge < -0.3 is 19.8 Å². The van der Waals surface area contributed by atoms with Gasteiger partial charge in [-0.3, -0.25) is 19.4 Å². The fourth-order valence-electron chi connectivity index (χ4n) is 8.51. The number of aromatic amines is 2. The third-order valence-corrected chi connectivity index (χ3v) is 11.8. The molecule has 0 unspecified atom stereocenters. The van der Waals surface area contributed by atoms with Crippen molar-refractivity contribution >= 4 is 11.8 Å². The summed E-state index contributed by atoms with van der Waals surface area (Å²) in [5.41, 5.74) is 9.86. The number of carbonyl (C=O) groups is 2. The van der Waals surface area contributed by atoms with Crippen molar-refractivity contribution in [1.29, 1.82) is 0 Å². The second kappa shape index (κ2) is 18.4. The smallest absolute Gasteiger partial charge is 0.245 e. The molecule has 0 saturated carbocycles. The molecule has 2 aliphatic rings. The summed E-state index contributed by atoms with van der Waals surface area (Å²) in [6.07, 6.45) is 5.77. The highest BCUT2D eigenvalue weighted by molar-refractivity contribution is 5.84. The van der Waals surface area contributed by atoms with Crippen molar-refractivity contribution in [2.75, 3.05) is 41.3 Å². The molecule has 8 rings (SSSR count). The van der Waals surface area contributed by atoms with Gasteiger partial charge in [0.1, 0.15) is 23.7 Å². The number of rotatable bonds is 10. The van der Waals surface area contributed by atoms with Gasteiger partial charge in [-0.25, -0.2) is 9.97 Å². The van der Waals surface area contributed by atoms with Gasteiger partial charge in [0.2, 0.25) is 11.8 Å². The topological polar surface area (TPSA) is 104 Å². The predicted molar refractivity (Wildman–Crippen MR) is 235 cm³/mol. The summed E-state index contributed by atoms with van der Waals surface area (Å²) in [5, 5.41) is 0. The molecular weight excluding hydrogens is 733 g/mol. The maximum atomic E-state index is 13.7. The standard InChI is InChI=1S/C30H32N4O.C19H26N4O/c1-21-11-13-22(14-12-21)23-15-17-24(18-16-23)26-20-31-29(32-26)27-10-7-19-34(27)30(35)28(33(2)3)25-8-5-4-6-9-25;1-13-14(2)21-18(20-13)16-11-8-12-23(16)19(24)17(22(3)4)15-9-6-5-7-10-15/h4-6,8-9,11-18,20,27-28H,7,10,19H2,1-3H3,(H,31,32);5-7,9-10,16-17H,8,11-12H2,1-4H3,(H,20,21)/t27-,28+;16-,17+/m00/s1. The summed E-state index contributed by atoms with van der Waals surface area (Å²) < 4.78 is 0. The second-order valence-electron chi connectivity index (χ2n) is 16.4. The Morgan fingerprint density at radius 2 is 1.07 bits per heavy atom. The van der Waals surface area contributed by atoms with Crippen molar-refractivity contribution in [2.24, 2.45) is 0 Å². The average molecular weight is 791 g/mol. The van der Waals surface area contributed by atoms with Crippen molar-refractivity contribution in [3.8, 4) is 22.4 Å². The van der Waals surface area contributed by atoms with Gasteiger partial charge in [-0.1, -0.05) is 115 Å². The first-order chi connectivity index (χ1) is 28.5. The van der Waals surface area contributed by atoms with Crippen LogP contribution in [0.15, 0.2) is 115 Å². The largest absolute Gasteiger partial charge is 0.344 e. The molecule has 4 atom stereocenters. The fourth-order valence-corrected chi connectivity index (χ4v) is 8.51. The molecule has 2 saturated heterocycles. The Balaban J connectivity index is 0.000000192. The highest BCUT2D eigenvalue weighted by Gasteiger charge is 2.38. The number of nitrogens with zero attached hydrogens (tertiary/aromatic N) is 6. The normalized spacial score (nSPS) is 17.6.